The monoisotopic (exact) mass is 803 g/mol. The van der Waals surface area contributed by atoms with E-state index in [9.17, 15) is 31.2 Å². The molecule has 1 aromatic heterocycles. The summed E-state index contributed by atoms with van der Waals surface area (Å²) < 4.78 is 75.7. The van der Waals surface area contributed by atoms with Gasteiger partial charge in [-0.25, -0.2) is 13.1 Å². The van der Waals surface area contributed by atoms with E-state index in [1.54, 1.807) is 29.4 Å². The van der Waals surface area contributed by atoms with Crippen molar-refractivity contribution in [3.05, 3.63) is 132 Å². The SMILES string of the molecule is CCOc1cncc(-c2ccc(C(=O)N3CCN(c4ccc(C(=O)NS(=O)(=O)c5ccc(NCCSc6ccccc6)c(C(F)(F)F)c5)cc4)CC3)cc2C)c1. The van der Waals surface area contributed by atoms with Crippen LogP contribution < -0.4 is 19.7 Å². The molecule has 6 rings (SSSR count). The van der Waals surface area contributed by atoms with Gasteiger partial charge < -0.3 is 19.9 Å². The summed E-state index contributed by atoms with van der Waals surface area (Å²) in [6, 6.07) is 25.7. The van der Waals surface area contributed by atoms with E-state index in [2.05, 4.69) is 10.3 Å². The van der Waals surface area contributed by atoms with Crippen LogP contribution in [0.3, 0.4) is 0 Å². The number of halogens is 3. The fourth-order valence-corrected chi connectivity index (χ4v) is 8.09. The van der Waals surface area contributed by atoms with Crippen LogP contribution in [0.25, 0.3) is 11.1 Å². The second kappa shape index (κ2) is 17.5. The number of piperazine rings is 1. The summed E-state index contributed by atoms with van der Waals surface area (Å²) in [6.45, 7) is 6.56. The number of hydrogen-bond acceptors (Lipinski definition) is 9. The van der Waals surface area contributed by atoms with E-state index in [0.717, 1.165) is 39.4 Å². The van der Waals surface area contributed by atoms with Crippen molar-refractivity contribution in [2.75, 3.05) is 55.3 Å². The van der Waals surface area contributed by atoms with Crippen molar-refractivity contribution in [1.29, 1.82) is 0 Å². The Morgan fingerprint density at radius 2 is 1.59 bits per heavy atom. The maximum Gasteiger partial charge on any atom is 0.418 e. The molecule has 1 aliphatic heterocycles. The number of nitrogens with one attached hydrogen (secondary N) is 2. The first-order chi connectivity index (χ1) is 26.8. The van der Waals surface area contributed by atoms with Gasteiger partial charge in [0.1, 0.15) is 5.75 Å². The minimum Gasteiger partial charge on any atom is -0.492 e. The van der Waals surface area contributed by atoms with E-state index < -0.39 is 32.6 Å². The van der Waals surface area contributed by atoms with Gasteiger partial charge in [0.05, 0.1) is 23.3 Å². The first kappa shape index (κ1) is 40.1. The van der Waals surface area contributed by atoms with Gasteiger partial charge >= 0.3 is 6.18 Å². The van der Waals surface area contributed by atoms with Crippen LogP contribution in [0, 0.1) is 6.92 Å². The maximum atomic E-state index is 14.0. The summed E-state index contributed by atoms with van der Waals surface area (Å²) in [4.78, 5) is 34.8. The van der Waals surface area contributed by atoms with Crippen molar-refractivity contribution in [3.8, 4) is 16.9 Å². The second-order valence-corrected chi connectivity index (χ2v) is 15.8. The molecule has 15 heteroatoms. The molecule has 2 amide bonds. The number of aryl methyl sites for hydroxylation is 1. The number of anilines is 2. The molecule has 0 atom stereocenters. The minimum absolute atomic E-state index is 0.00982. The van der Waals surface area contributed by atoms with Crippen molar-refractivity contribution in [3.63, 3.8) is 0 Å². The average molecular weight is 804 g/mol. The van der Waals surface area contributed by atoms with Crippen molar-refractivity contribution >= 4 is 45.0 Å². The van der Waals surface area contributed by atoms with Gasteiger partial charge in [-0.15, -0.1) is 11.8 Å². The molecule has 1 saturated heterocycles. The molecule has 10 nitrogen and oxygen atoms in total. The minimum atomic E-state index is -4.85. The van der Waals surface area contributed by atoms with E-state index in [4.69, 9.17) is 4.74 Å². The molecule has 0 saturated carbocycles. The quantitative estimate of drug-likeness (QED) is 0.0910. The molecular formula is C41H40F3N5O5S2. The Hall–Kier alpha value is -5.54. The standard InChI is InChI=1S/C41H40F3N5O5S2/c1-3-54-33-24-31(26-45-27-33)36-15-11-30(23-28(36)2)40(51)49-20-18-48(19-21-49)32-12-9-29(10-13-32)39(50)47-56(52,53)35-14-16-38(37(25-35)41(42,43)44)46-17-22-55-34-7-5-4-6-8-34/h4-16,23-27,46H,3,17-22H2,1-2H3,(H,47,50). The van der Waals surface area contributed by atoms with Gasteiger partial charge in [-0.3, -0.25) is 14.6 Å². The van der Waals surface area contributed by atoms with Crippen LogP contribution in [0.2, 0.25) is 0 Å². The number of pyridine rings is 1. The number of ether oxygens (including phenoxy) is 1. The Labute approximate surface area is 328 Å². The van der Waals surface area contributed by atoms with Gasteiger partial charge in [0.25, 0.3) is 21.8 Å². The number of sulfonamides is 1. The Bertz CT molecular complexity index is 2280. The van der Waals surface area contributed by atoms with Crippen LogP contribution in [0.15, 0.2) is 119 Å². The zero-order chi connectivity index (χ0) is 39.9. The van der Waals surface area contributed by atoms with Crippen molar-refractivity contribution in [2.45, 2.75) is 29.8 Å². The zero-order valence-corrected chi connectivity index (χ0v) is 32.3. The summed E-state index contributed by atoms with van der Waals surface area (Å²) in [6.07, 6.45) is -1.43. The maximum absolute atomic E-state index is 14.0. The summed E-state index contributed by atoms with van der Waals surface area (Å²) in [5, 5.41) is 2.74. The largest absolute Gasteiger partial charge is 0.492 e. The topological polar surface area (TPSA) is 121 Å². The fourth-order valence-electron chi connectivity index (χ4n) is 6.30. The van der Waals surface area contributed by atoms with Gasteiger partial charge in [-0.05, 0) is 97.8 Å². The van der Waals surface area contributed by atoms with Gasteiger partial charge in [-0.1, -0.05) is 24.3 Å². The van der Waals surface area contributed by atoms with Crippen LogP contribution >= 0.6 is 11.8 Å². The highest BCUT2D eigenvalue weighted by Crippen LogP contribution is 2.36. The number of benzene rings is 4. The third-order valence-electron chi connectivity index (χ3n) is 9.13. The number of rotatable bonds is 13. The van der Waals surface area contributed by atoms with E-state index in [1.807, 2.05) is 78.1 Å². The predicted octanol–water partition coefficient (Wildman–Crippen LogP) is 7.76. The third kappa shape index (κ3) is 9.81. The lowest BCUT2D eigenvalue weighted by Gasteiger charge is -2.36. The molecule has 0 aliphatic carbocycles. The van der Waals surface area contributed by atoms with Crippen LogP contribution in [0.4, 0.5) is 24.5 Å². The molecule has 0 radical (unpaired) electrons. The molecule has 1 fully saturated rings. The highest BCUT2D eigenvalue weighted by atomic mass is 32.2. The molecule has 0 spiro atoms. The number of carbonyl (C=O) groups is 2. The predicted molar refractivity (Wildman–Crippen MR) is 212 cm³/mol. The number of nitrogens with zero attached hydrogens (tertiary/aromatic N) is 3. The first-order valence-electron chi connectivity index (χ1n) is 17.9. The summed E-state index contributed by atoms with van der Waals surface area (Å²) >= 11 is 1.47. The number of hydrogen-bond donors (Lipinski definition) is 2. The molecular weight excluding hydrogens is 764 g/mol. The number of alkyl halides is 3. The van der Waals surface area contributed by atoms with E-state index >= 15 is 0 Å². The first-order valence-corrected chi connectivity index (χ1v) is 20.3. The van der Waals surface area contributed by atoms with Gasteiger partial charge in [0, 0.05) is 77.6 Å². The zero-order valence-electron chi connectivity index (χ0n) is 30.7. The van der Waals surface area contributed by atoms with Crippen LogP contribution in [0.5, 0.6) is 5.75 Å². The average Bonchev–Trinajstić information content (AvgIpc) is 3.19. The highest BCUT2D eigenvalue weighted by molar-refractivity contribution is 7.99. The third-order valence-corrected chi connectivity index (χ3v) is 11.5. The van der Waals surface area contributed by atoms with Crippen molar-refractivity contribution in [2.24, 2.45) is 0 Å². The van der Waals surface area contributed by atoms with E-state index in [0.29, 0.717) is 55.9 Å². The number of thioether (sulfide) groups is 1. The highest BCUT2D eigenvalue weighted by Gasteiger charge is 2.35. The van der Waals surface area contributed by atoms with E-state index in [-0.39, 0.29) is 23.7 Å². The van der Waals surface area contributed by atoms with Crippen LogP contribution in [0.1, 0.15) is 38.8 Å². The van der Waals surface area contributed by atoms with Gasteiger partial charge in [-0.2, -0.15) is 13.2 Å². The summed E-state index contributed by atoms with van der Waals surface area (Å²) in [5.41, 5.74) is 2.72. The van der Waals surface area contributed by atoms with Crippen molar-refractivity contribution < 1.29 is 35.9 Å². The lowest BCUT2D eigenvalue weighted by Crippen LogP contribution is -2.48. The van der Waals surface area contributed by atoms with Crippen molar-refractivity contribution in [1.82, 2.24) is 14.6 Å². The Morgan fingerprint density at radius 3 is 2.27 bits per heavy atom. The Kier molecular flexibility index (Phi) is 12.5. The molecule has 1 aliphatic rings. The molecule has 0 bridgehead atoms. The molecule has 0 unspecified atom stereocenters. The Balaban J connectivity index is 1.03. The lowest BCUT2D eigenvalue weighted by atomic mass is 9.99. The number of carbonyl (C=O) groups excluding carboxylic acids is 2. The smallest absolute Gasteiger partial charge is 0.418 e. The molecule has 2 heterocycles. The number of amides is 2. The molecule has 292 valence electrons. The van der Waals surface area contributed by atoms with E-state index in [1.165, 1.54) is 23.9 Å². The molecule has 4 aromatic carbocycles. The summed E-state index contributed by atoms with van der Waals surface area (Å²) in [5.74, 6) is 0.0848. The van der Waals surface area contributed by atoms with Gasteiger partial charge in [0.15, 0.2) is 0 Å². The normalized spacial score (nSPS) is 13.3. The molecule has 56 heavy (non-hydrogen) atoms. The number of aromatic nitrogens is 1. The van der Waals surface area contributed by atoms with Crippen LogP contribution in [-0.4, -0.2) is 75.2 Å². The Morgan fingerprint density at radius 1 is 0.875 bits per heavy atom. The summed E-state index contributed by atoms with van der Waals surface area (Å²) in [7, 11) is -4.65. The van der Waals surface area contributed by atoms with Gasteiger partial charge in [0.2, 0.25) is 0 Å². The lowest BCUT2D eigenvalue weighted by molar-refractivity contribution is -0.137. The van der Waals surface area contributed by atoms with Crippen LogP contribution in [-0.2, 0) is 16.2 Å². The second-order valence-electron chi connectivity index (χ2n) is 12.9. The molecule has 5 aromatic rings. The molecule has 2 N–H and O–H groups in total. The fraction of sp³-hybridized carbons (Fsp3) is 0.244.